The van der Waals surface area contributed by atoms with E-state index < -0.39 is 0 Å². The molecule has 1 amide bonds. The van der Waals surface area contributed by atoms with Crippen molar-refractivity contribution >= 4 is 17.5 Å². The van der Waals surface area contributed by atoms with Crippen molar-refractivity contribution < 1.29 is 9.21 Å². The van der Waals surface area contributed by atoms with Gasteiger partial charge in [-0.1, -0.05) is 11.6 Å². The van der Waals surface area contributed by atoms with Gasteiger partial charge in [0.2, 0.25) is 11.8 Å². The van der Waals surface area contributed by atoms with Crippen LogP contribution in [0.4, 0.5) is 0 Å². The van der Waals surface area contributed by atoms with E-state index in [0.717, 1.165) is 25.7 Å². The number of nitrogens with zero attached hydrogens (tertiary/aromatic N) is 3. The van der Waals surface area contributed by atoms with Crippen LogP contribution in [0.1, 0.15) is 47.0 Å². The highest BCUT2D eigenvalue weighted by Crippen LogP contribution is 2.28. The molecule has 7 heteroatoms. The molecule has 3 rings (SSSR count). The van der Waals surface area contributed by atoms with Gasteiger partial charge in [0.15, 0.2) is 0 Å². The van der Waals surface area contributed by atoms with Crippen LogP contribution in [0.5, 0.6) is 0 Å². The number of halogens is 1. The highest BCUT2D eigenvalue weighted by molar-refractivity contribution is 6.32. The summed E-state index contributed by atoms with van der Waals surface area (Å²) in [4.78, 5) is 12.3. The molecule has 1 aliphatic rings. The second kappa shape index (κ2) is 7.02. The molecule has 1 N–H and O–H groups in total. The summed E-state index contributed by atoms with van der Waals surface area (Å²) in [5.74, 6) is 1.49. The smallest absolute Gasteiger partial charge is 0.251 e. The Bertz CT molecular complexity index is 796. The predicted molar refractivity (Wildman–Crippen MR) is 87.5 cm³/mol. The summed E-state index contributed by atoms with van der Waals surface area (Å²) in [5.41, 5.74) is 0.832. The van der Waals surface area contributed by atoms with Crippen LogP contribution in [0.15, 0.2) is 22.6 Å². The van der Waals surface area contributed by atoms with E-state index in [1.54, 1.807) is 19.1 Å². The van der Waals surface area contributed by atoms with E-state index >= 15 is 0 Å². The number of hydrogen-bond donors (Lipinski definition) is 1. The molecular weight excluding hydrogens is 328 g/mol. The third-order valence-corrected chi connectivity index (χ3v) is 4.57. The Morgan fingerprint density at radius 2 is 2.29 bits per heavy atom. The number of benzene rings is 1. The monoisotopic (exact) mass is 344 g/mol. The van der Waals surface area contributed by atoms with Crippen LogP contribution in [-0.2, 0) is 6.42 Å². The first kappa shape index (κ1) is 16.5. The van der Waals surface area contributed by atoms with Gasteiger partial charge < -0.3 is 9.73 Å². The fourth-order valence-corrected chi connectivity index (χ4v) is 3.30. The van der Waals surface area contributed by atoms with Gasteiger partial charge in [0.05, 0.1) is 10.6 Å². The number of carbonyl (C=O) groups excluding carboxylic acids is 1. The second-order valence-corrected chi connectivity index (χ2v) is 6.48. The third-order valence-electron chi connectivity index (χ3n) is 4.26. The first-order valence-electron chi connectivity index (χ1n) is 7.84. The molecule has 0 aliphatic heterocycles. The molecule has 2 aromatic rings. The molecule has 0 unspecified atom stereocenters. The second-order valence-electron chi connectivity index (χ2n) is 6.07. The normalized spacial score (nSPS) is 19.9. The summed E-state index contributed by atoms with van der Waals surface area (Å²) in [6.45, 7) is 1.77. The fourth-order valence-electron chi connectivity index (χ4n) is 3.07. The molecule has 1 aromatic carbocycles. The van der Waals surface area contributed by atoms with Gasteiger partial charge in [-0.2, -0.15) is 5.26 Å². The van der Waals surface area contributed by atoms with Gasteiger partial charge >= 0.3 is 0 Å². The van der Waals surface area contributed by atoms with E-state index in [0.29, 0.717) is 33.8 Å². The van der Waals surface area contributed by atoms with E-state index in [1.807, 2.05) is 6.07 Å². The lowest BCUT2D eigenvalue weighted by Gasteiger charge is -2.13. The van der Waals surface area contributed by atoms with E-state index in [2.05, 4.69) is 15.5 Å². The van der Waals surface area contributed by atoms with Crippen LogP contribution in [-0.4, -0.2) is 22.1 Å². The predicted octanol–water partition coefficient (Wildman–Crippen LogP) is 3.04. The zero-order chi connectivity index (χ0) is 17.1. The number of amides is 1. The maximum Gasteiger partial charge on any atom is 0.251 e. The van der Waals surface area contributed by atoms with Gasteiger partial charge in [-0.05, 0) is 43.4 Å². The topological polar surface area (TPSA) is 91.8 Å². The SMILES string of the molecule is Cc1nnc(C[C@@H]2CC[C@H](NC(=O)c3ccc(C#N)c(Cl)c3)C2)o1. The Labute approximate surface area is 144 Å². The van der Waals surface area contributed by atoms with Crippen molar-refractivity contribution in [2.24, 2.45) is 5.92 Å². The van der Waals surface area contributed by atoms with E-state index in [-0.39, 0.29) is 11.9 Å². The lowest BCUT2D eigenvalue weighted by molar-refractivity contribution is 0.0937. The number of nitrogens with one attached hydrogen (secondary N) is 1. The van der Waals surface area contributed by atoms with Gasteiger partial charge in [0, 0.05) is 24.9 Å². The molecule has 6 nitrogen and oxygen atoms in total. The number of carbonyl (C=O) groups is 1. The van der Waals surface area contributed by atoms with E-state index in [1.165, 1.54) is 6.07 Å². The Morgan fingerprint density at radius 3 is 2.96 bits per heavy atom. The van der Waals surface area contributed by atoms with Crippen LogP contribution in [0, 0.1) is 24.2 Å². The van der Waals surface area contributed by atoms with Crippen molar-refractivity contribution in [3.05, 3.63) is 46.1 Å². The maximum absolute atomic E-state index is 12.3. The van der Waals surface area contributed by atoms with Gasteiger partial charge in [-0.15, -0.1) is 10.2 Å². The van der Waals surface area contributed by atoms with Crippen LogP contribution in [0.25, 0.3) is 0 Å². The van der Waals surface area contributed by atoms with Gasteiger partial charge in [-0.3, -0.25) is 4.79 Å². The van der Waals surface area contributed by atoms with E-state index in [9.17, 15) is 4.79 Å². The van der Waals surface area contributed by atoms with Gasteiger partial charge in [0.25, 0.3) is 5.91 Å². The lowest BCUT2D eigenvalue weighted by atomic mass is 10.0. The molecule has 24 heavy (non-hydrogen) atoms. The van der Waals surface area contributed by atoms with Crippen molar-refractivity contribution in [2.45, 2.75) is 38.6 Å². The molecule has 1 saturated carbocycles. The average Bonchev–Trinajstić information content (AvgIpc) is 3.16. The minimum atomic E-state index is -0.166. The van der Waals surface area contributed by atoms with Crippen LogP contribution >= 0.6 is 11.6 Å². The number of aromatic nitrogens is 2. The number of rotatable bonds is 4. The molecule has 0 radical (unpaired) electrons. The summed E-state index contributed by atoms with van der Waals surface area (Å²) in [5, 5.41) is 20.1. The van der Waals surface area contributed by atoms with Crippen molar-refractivity contribution in [3.8, 4) is 6.07 Å². The number of aryl methyl sites for hydroxylation is 1. The lowest BCUT2D eigenvalue weighted by Crippen LogP contribution is -2.33. The quantitative estimate of drug-likeness (QED) is 0.920. The fraction of sp³-hybridized carbons (Fsp3) is 0.412. The number of nitriles is 1. The van der Waals surface area contributed by atoms with Crippen LogP contribution in [0.2, 0.25) is 5.02 Å². The molecule has 0 spiro atoms. The van der Waals surface area contributed by atoms with Crippen molar-refractivity contribution in [3.63, 3.8) is 0 Å². The highest BCUT2D eigenvalue weighted by Gasteiger charge is 2.27. The molecule has 1 fully saturated rings. The summed E-state index contributed by atoms with van der Waals surface area (Å²) in [6, 6.07) is 6.82. The number of hydrogen-bond acceptors (Lipinski definition) is 5. The molecule has 0 saturated heterocycles. The highest BCUT2D eigenvalue weighted by atomic mass is 35.5. The Kier molecular flexibility index (Phi) is 4.81. The summed E-state index contributed by atoms with van der Waals surface area (Å²) < 4.78 is 5.42. The average molecular weight is 345 g/mol. The molecule has 1 heterocycles. The van der Waals surface area contributed by atoms with Crippen LogP contribution in [0.3, 0.4) is 0 Å². The van der Waals surface area contributed by atoms with E-state index in [4.69, 9.17) is 21.3 Å². The zero-order valence-electron chi connectivity index (χ0n) is 13.3. The van der Waals surface area contributed by atoms with Gasteiger partial charge in [-0.25, -0.2) is 0 Å². The summed E-state index contributed by atoms with van der Waals surface area (Å²) >= 11 is 5.98. The third kappa shape index (κ3) is 3.74. The molecule has 124 valence electrons. The summed E-state index contributed by atoms with van der Waals surface area (Å²) in [7, 11) is 0. The largest absolute Gasteiger partial charge is 0.426 e. The molecule has 1 aliphatic carbocycles. The molecule has 1 aromatic heterocycles. The van der Waals surface area contributed by atoms with Gasteiger partial charge in [0.1, 0.15) is 6.07 Å². The summed E-state index contributed by atoms with van der Waals surface area (Å²) in [6.07, 6.45) is 3.57. The Balaban J connectivity index is 1.56. The Hall–Kier alpha value is -2.39. The minimum absolute atomic E-state index is 0.126. The molecule has 0 bridgehead atoms. The van der Waals surface area contributed by atoms with Crippen LogP contribution < -0.4 is 5.32 Å². The van der Waals surface area contributed by atoms with Crippen molar-refractivity contribution in [1.29, 1.82) is 5.26 Å². The van der Waals surface area contributed by atoms with Crippen molar-refractivity contribution in [1.82, 2.24) is 15.5 Å². The Morgan fingerprint density at radius 1 is 1.46 bits per heavy atom. The molecular formula is C17H17ClN4O2. The standard InChI is InChI=1S/C17H17ClN4O2/c1-10-21-22-16(24-10)7-11-2-5-14(6-11)20-17(23)12-3-4-13(9-19)15(18)8-12/h3-4,8,11,14H,2,5-7H2,1H3,(H,20,23)/t11-,14+/m1/s1. The van der Waals surface area contributed by atoms with Crippen molar-refractivity contribution in [2.75, 3.05) is 0 Å². The minimum Gasteiger partial charge on any atom is -0.426 e. The zero-order valence-corrected chi connectivity index (χ0v) is 14.0. The molecule has 2 atom stereocenters. The maximum atomic E-state index is 12.3. The first-order chi connectivity index (χ1) is 11.5. The first-order valence-corrected chi connectivity index (χ1v) is 8.22.